The number of ether oxygens (including phenoxy) is 1. The van der Waals surface area contributed by atoms with Gasteiger partial charge in [0.15, 0.2) is 0 Å². The lowest BCUT2D eigenvalue weighted by molar-refractivity contribution is 0.149. The second kappa shape index (κ2) is 5.89. The van der Waals surface area contributed by atoms with Gasteiger partial charge in [-0.3, -0.25) is 0 Å². The van der Waals surface area contributed by atoms with E-state index in [0.29, 0.717) is 12.5 Å². The molecule has 4 heteroatoms. The zero-order chi connectivity index (χ0) is 9.52. The minimum atomic E-state index is 0.435. The van der Waals surface area contributed by atoms with E-state index < -0.39 is 0 Å². The van der Waals surface area contributed by atoms with Crippen molar-refractivity contribution in [2.45, 2.75) is 19.2 Å². The molecule has 0 spiro atoms. The van der Waals surface area contributed by atoms with E-state index in [1.807, 2.05) is 13.0 Å². The van der Waals surface area contributed by atoms with Crippen LogP contribution in [0.15, 0.2) is 12.3 Å². The van der Waals surface area contributed by atoms with Gasteiger partial charge >= 0.3 is 0 Å². The minimum Gasteiger partial charge on any atom is -0.381 e. The molecule has 0 atom stereocenters. The zero-order valence-electron chi connectivity index (χ0n) is 7.66. The van der Waals surface area contributed by atoms with Crippen LogP contribution in [0.25, 0.3) is 0 Å². The van der Waals surface area contributed by atoms with Crippen LogP contribution in [0.3, 0.4) is 0 Å². The van der Waals surface area contributed by atoms with E-state index in [1.54, 1.807) is 6.20 Å². The molecular formula is C9H13ClN2O. The van der Waals surface area contributed by atoms with Crippen LogP contribution in [0.5, 0.6) is 0 Å². The van der Waals surface area contributed by atoms with Gasteiger partial charge in [0.2, 0.25) is 0 Å². The molecule has 0 N–H and O–H groups in total. The number of halogens is 1. The summed E-state index contributed by atoms with van der Waals surface area (Å²) >= 11 is 5.64. The highest BCUT2D eigenvalue weighted by molar-refractivity contribution is 6.16. The Kier molecular flexibility index (Phi) is 4.72. The molecule has 0 saturated carbocycles. The van der Waals surface area contributed by atoms with Crippen molar-refractivity contribution in [2.24, 2.45) is 0 Å². The topological polar surface area (TPSA) is 35.0 Å². The molecule has 0 amide bonds. The van der Waals surface area contributed by atoms with Crippen molar-refractivity contribution >= 4 is 11.6 Å². The molecule has 0 aliphatic rings. The molecule has 72 valence electrons. The van der Waals surface area contributed by atoms with E-state index in [4.69, 9.17) is 16.3 Å². The van der Waals surface area contributed by atoms with Crippen molar-refractivity contribution in [3.63, 3.8) is 0 Å². The second-order valence-electron chi connectivity index (χ2n) is 2.54. The molecule has 1 aromatic rings. The van der Waals surface area contributed by atoms with Gasteiger partial charge in [-0.2, -0.15) is 0 Å². The van der Waals surface area contributed by atoms with Gasteiger partial charge in [0.05, 0.1) is 18.2 Å². The Morgan fingerprint density at radius 1 is 1.54 bits per heavy atom. The lowest BCUT2D eigenvalue weighted by Crippen LogP contribution is -2.03. The van der Waals surface area contributed by atoms with Crippen molar-refractivity contribution in [2.75, 3.05) is 13.2 Å². The molecular weight excluding hydrogens is 188 g/mol. The fraction of sp³-hybridized carbons (Fsp3) is 0.556. The van der Waals surface area contributed by atoms with Gasteiger partial charge in [0, 0.05) is 19.2 Å². The molecule has 0 bridgehead atoms. The molecule has 0 radical (unpaired) electrons. The van der Waals surface area contributed by atoms with Gasteiger partial charge in [0.25, 0.3) is 0 Å². The maximum atomic E-state index is 5.64. The van der Waals surface area contributed by atoms with Crippen molar-refractivity contribution in [1.29, 1.82) is 0 Å². The molecule has 0 aromatic carbocycles. The summed E-state index contributed by atoms with van der Waals surface area (Å²) in [7, 11) is 0. The van der Waals surface area contributed by atoms with E-state index in [9.17, 15) is 0 Å². The highest BCUT2D eigenvalue weighted by Gasteiger charge is 1.97. The van der Waals surface area contributed by atoms with Crippen LogP contribution in [-0.2, 0) is 17.0 Å². The molecule has 0 aliphatic heterocycles. The van der Waals surface area contributed by atoms with Gasteiger partial charge in [-0.05, 0) is 13.0 Å². The molecule has 1 rings (SSSR count). The van der Waals surface area contributed by atoms with Crippen molar-refractivity contribution in [1.82, 2.24) is 9.97 Å². The van der Waals surface area contributed by atoms with Crippen molar-refractivity contribution in [3.8, 4) is 0 Å². The largest absolute Gasteiger partial charge is 0.381 e. The molecule has 13 heavy (non-hydrogen) atoms. The Hall–Kier alpha value is -0.670. The lowest BCUT2D eigenvalue weighted by atomic mass is 10.4. The number of hydrogen-bond acceptors (Lipinski definition) is 3. The first kappa shape index (κ1) is 10.4. The predicted molar refractivity (Wildman–Crippen MR) is 51.8 cm³/mol. The van der Waals surface area contributed by atoms with Crippen LogP contribution in [-0.4, -0.2) is 23.2 Å². The van der Waals surface area contributed by atoms with Crippen LogP contribution in [0.4, 0.5) is 0 Å². The molecule has 3 nitrogen and oxygen atoms in total. The van der Waals surface area contributed by atoms with Gasteiger partial charge in [-0.25, -0.2) is 9.97 Å². The third-order valence-corrected chi connectivity index (χ3v) is 1.85. The minimum absolute atomic E-state index is 0.435. The summed E-state index contributed by atoms with van der Waals surface area (Å²) in [6.45, 7) is 3.37. The summed E-state index contributed by atoms with van der Waals surface area (Å²) in [4.78, 5) is 8.35. The van der Waals surface area contributed by atoms with Gasteiger partial charge < -0.3 is 4.74 Å². The Morgan fingerprint density at radius 3 is 3.08 bits per heavy atom. The van der Waals surface area contributed by atoms with E-state index >= 15 is 0 Å². The third kappa shape index (κ3) is 3.70. The number of nitrogens with zero attached hydrogens (tertiary/aromatic N) is 2. The van der Waals surface area contributed by atoms with E-state index in [0.717, 1.165) is 24.5 Å². The highest BCUT2D eigenvalue weighted by atomic mass is 35.5. The predicted octanol–water partition coefficient (Wildman–Crippen LogP) is 1.79. The Balaban J connectivity index is 2.46. The number of hydrogen-bond donors (Lipinski definition) is 0. The molecule has 0 unspecified atom stereocenters. The Labute approximate surface area is 83.1 Å². The van der Waals surface area contributed by atoms with Gasteiger partial charge in [-0.1, -0.05) is 0 Å². The summed E-state index contributed by atoms with van der Waals surface area (Å²) in [6.07, 6.45) is 2.48. The van der Waals surface area contributed by atoms with Gasteiger partial charge in [0.1, 0.15) is 5.82 Å². The zero-order valence-corrected chi connectivity index (χ0v) is 8.42. The Morgan fingerprint density at radius 2 is 2.38 bits per heavy atom. The monoisotopic (exact) mass is 200 g/mol. The summed E-state index contributed by atoms with van der Waals surface area (Å²) in [5, 5.41) is 0. The van der Waals surface area contributed by atoms with Crippen LogP contribution in [0.2, 0.25) is 0 Å². The maximum Gasteiger partial charge on any atom is 0.130 e. The molecule has 1 heterocycles. The van der Waals surface area contributed by atoms with Gasteiger partial charge in [-0.15, -0.1) is 11.6 Å². The first-order valence-electron chi connectivity index (χ1n) is 4.31. The number of aromatic nitrogens is 2. The molecule has 0 fully saturated rings. The fourth-order valence-corrected chi connectivity index (χ4v) is 1.09. The van der Waals surface area contributed by atoms with Crippen LogP contribution >= 0.6 is 11.6 Å². The van der Waals surface area contributed by atoms with Crippen LogP contribution in [0, 0.1) is 0 Å². The highest BCUT2D eigenvalue weighted by Crippen LogP contribution is 2.00. The summed E-state index contributed by atoms with van der Waals surface area (Å²) in [5.41, 5.74) is 0.864. The maximum absolute atomic E-state index is 5.64. The van der Waals surface area contributed by atoms with Crippen LogP contribution in [0.1, 0.15) is 18.4 Å². The summed E-state index contributed by atoms with van der Waals surface area (Å²) in [6, 6.07) is 1.82. The smallest absolute Gasteiger partial charge is 0.130 e. The first-order valence-corrected chi connectivity index (χ1v) is 4.84. The SMILES string of the molecule is CCOCCc1nccc(CCl)n1. The van der Waals surface area contributed by atoms with Crippen molar-refractivity contribution < 1.29 is 4.74 Å². The average Bonchev–Trinajstić information content (AvgIpc) is 2.19. The summed E-state index contributed by atoms with van der Waals surface area (Å²) in [5.74, 6) is 1.23. The first-order chi connectivity index (χ1) is 6.36. The summed E-state index contributed by atoms with van der Waals surface area (Å²) < 4.78 is 5.20. The number of alkyl halides is 1. The fourth-order valence-electron chi connectivity index (χ4n) is 0.944. The average molecular weight is 201 g/mol. The van der Waals surface area contributed by atoms with E-state index in [1.165, 1.54) is 0 Å². The Bertz CT molecular complexity index is 255. The van der Waals surface area contributed by atoms with Crippen molar-refractivity contribution in [3.05, 3.63) is 23.8 Å². The lowest BCUT2D eigenvalue weighted by Gasteiger charge is -2.01. The van der Waals surface area contributed by atoms with E-state index in [-0.39, 0.29) is 0 Å². The van der Waals surface area contributed by atoms with Crippen LogP contribution < -0.4 is 0 Å². The number of rotatable bonds is 5. The molecule has 0 aliphatic carbocycles. The quantitative estimate of drug-likeness (QED) is 0.537. The molecule has 0 saturated heterocycles. The molecule has 1 aromatic heterocycles. The normalized spacial score (nSPS) is 10.3. The standard InChI is InChI=1S/C9H13ClN2O/c1-2-13-6-4-9-11-5-3-8(7-10)12-9/h3,5H,2,4,6-7H2,1H3. The second-order valence-corrected chi connectivity index (χ2v) is 2.81. The van der Waals surface area contributed by atoms with E-state index in [2.05, 4.69) is 9.97 Å². The third-order valence-electron chi connectivity index (χ3n) is 1.57.